The molecule has 72 valence electrons. The first-order valence-corrected chi connectivity index (χ1v) is 5.08. The van der Waals surface area contributed by atoms with E-state index in [-0.39, 0.29) is 0 Å². The van der Waals surface area contributed by atoms with Gasteiger partial charge in [-0.1, -0.05) is 27.7 Å². The van der Waals surface area contributed by atoms with E-state index in [1.54, 1.807) is 0 Å². The van der Waals surface area contributed by atoms with Gasteiger partial charge in [-0.3, -0.25) is 0 Å². The third kappa shape index (κ3) is 3.17. The molecule has 1 rings (SSSR count). The first-order valence-electron chi connectivity index (χ1n) is 5.08. The SMILES string of the molecule is CC(C)C[n+]1ccc(C(C)C)cc1. The summed E-state index contributed by atoms with van der Waals surface area (Å²) in [5.74, 6) is 1.35. The van der Waals surface area contributed by atoms with Crippen LogP contribution < -0.4 is 4.57 Å². The third-order valence-electron chi connectivity index (χ3n) is 2.16. The Morgan fingerprint density at radius 1 is 1.08 bits per heavy atom. The van der Waals surface area contributed by atoms with Gasteiger partial charge in [-0.2, -0.15) is 0 Å². The Morgan fingerprint density at radius 2 is 1.62 bits per heavy atom. The highest BCUT2D eigenvalue weighted by Crippen LogP contribution is 2.10. The van der Waals surface area contributed by atoms with Gasteiger partial charge in [0.15, 0.2) is 18.9 Å². The average molecular weight is 178 g/mol. The van der Waals surface area contributed by atoms with Gasteiger partial charge in [-0.05, 0) is 11.5 Å². The number of hydrogen-bond acceptors (Lipinski definition) is 0. The van der Waals surface area contributed by atoms with Gasteiger partial charge in [-0.15, -0.1) is 0 Å². The van der Waals surface area contributed by atoms with Gasteiger partial charge < -0.3 is 0 Å². The summed E-state index contributed by atoms with van der Waals surface area (Å²) in [7, 11) is 0. The van der Waals surface area contributed by atoms with Crippen molar-refractivity contribution in [2.45, 2.75) is 40.2 Å². The molecule has 0 bridgehead atoms. The molecule has 1 heterocycles. The molecular formula is C12H20N+. The van der Waals surface area contributed by atoms with E-state index in [2.05, 4.69) is 56.8 Å². The van der Waals surface area contributed by atoms with Crippen molar-refractivity contribution >= 4 is 0 Å². The predicted molar refractivity (Wildman–Crippen MR) is 55.6 cm³/mol. The zero-order valence-corrected chi connectivity index (χ0v) is 9.12. The van der Waals surface area contributed by atoms with Crippen LogP contribution in [0.2, 0.25) is 0 Å². The molecule has 0 saturated carbocycles. The highest BCUT2D eigenvalue weighted by Gasteiger charge is 2.05. The van der Waals surface area contributed by atoms with Gasteiger partial charge in [0, 0.05) is 18.1 Å². The molecule has 0 fully saturated rings. The smallest absolute Gasteiger partial charge is 0.169 e. The highest BCUT2D eigenvalue weighted by atomic mass is 14.9. The van der Waals surface area contributed by atoms with Crippen LogP contribution >= 0.6 is 0 Å². The van der Waals surface area contributed by atoms with E-state index in [9.17, 15) is 0 Å². The lowest BCUT2D eigenvalue weighted by atomic mass is 10.1. The largest absolute Gasteiger partial charge is 0.205 e. The van der Waals surface area contributed by atoms with Crippen LogP contribution in [0.25, 0.3) is 0 Å². The van der Waals surface area contributed by atoms with Crippen molar-refractivity contribution in [2.24, 2.45) is 5.92 Å². The summed E-state index contributed by atoms with van der Waals surface area (Å²) >= 11 is 0. The van der Waals surface area contributed by atoms with Crippen LogP contribution in [-0.4, -0.2) is 0 Å². The molecule has 0 aliphatic carbocycles. The standard InChI is InChI=1S/C12H20N/c1-10(2)9-13-7-5-12(6-8-13)11(3)4/h5-8,10-11H,9H2,1-4H3/q+1. The molecular weight excluding hydrogens is 158 g/mol. The highest BCUT2D eigenvalue weighted by molar-refractivity contribution is 5.11. The van der Waals surface area contributed by atoms with E-state index in [0.717, 1.165) is 12.5 Å². The second kappa shape index (κ2) is 4.40. The van der Waals surface area contributed by atoms with Gasteiger partial charge >= 0.3 is 0 Å². The Balaban J connectivity index is 2.70. The van der Waals surface area contributed by atoms with E-state index in [0.29, 0.717) is 5.92 Å². The minimum atomic E-state index is 0.633. The molecule has 0 aromatic carbocycles. The second-order valence-corrected chi connectivity index (χ2v) is 4.38. The molecule has 1 nitrogen and oxygen atoms in total. The zero-order chi connectivity index (χ0) is 9.84. The third-order valence-corrected chi connectivity index (χ3v) is 2.16. The maximum atomic E-state index is 2.25. The number of pyridine rings is 1. The molecule has 0 saturated heterocycles. The van der Waals surface area contributed by atoms with Crippen molar-refractivity contribution in [1.29, 1.82) is 0 Å². The normalized spacial score (nSPS) is 11.2. The van der Waals surface area contributed by atoms with Crippen LogP contribution in [0.4, 0.5) is 0 Å². The van der Waals surface area contributed by atoms with Crippen LogP contribution in [0, 0.1) is 5.92 Å². The molecule has 0 amide bonds. The van der Waals surface area contributed by atoms with E-state index in [4.69, 9.17) is 0 Å². The van der Waals surface area contributed by atoms with Crippen LogP contribution in [0.3, 0.4) is 0 Å². The number of hydrogen-bond donors (Lipinski definition) is 0. The molecule has 1 aromatic rings. The van der Waals surface area contributed by atoms with E-state index in [1.807, 2.05) is 0 Å². The van der Waals surface area contributed by atoms with Crippen molar-refractivity contribution in [2.75, 3.05) is 0 Å². The number of nitrogens with zero attached hydrogens (tertiary/aromatic N) is 1. The Kier molecular flexibility index (Phi) is 3.47. The first kappa shape index (κ1) is 10.2. The maximum Gasteiger partial charge on any atom is 0.169 e. The fourth-order valence-corrected chi connectivity index (χ4v) is 1.40. The van der Waals surface area contributed by atoms with Crippen molar-refractivity contribution in [3.8, 4) is 0 Å². The topological polar surface area (TPSA) is 3.88 Å². The predicted octanol–water partition coefficient (Wildman–Crippen LogP) is 2.75. The zero-order valence-electron chi connectivity index (χ0n) is 9.12. The van der Waals surface area contributed by atoms with E-state index < -0.39 is 0 Å². The first-order chi connectivity index (χ1) is 6.09. The Morgan fingerprint density at radius 3 is 2.00 bits per heavy atom. The van der Waals surface area contributed by atoms with Gasteiger partial charge in [0.1, 0.15) is 0 Å². The summed E-state index contributed by atoms with van der Waals surface area (Å²) in [6, 6.07) is 4.43. The molecule has 1 aromatic heterocycles. The minimum absolute atomic E-state index is 0.633. The van der Waals surface area contributed by atoms with Crippen LogP contribution in [-0.2, 0) is 6.54 Å². The summed E-state index contributed by atoms with van der Waals surface area (Å²) < 4.78 is 2.25. The molecule has 13 heavy (non-hydrogen) atoms. The second-order valence-electron chi connectivity index (χ2n) is 4.38. The lowest BCUT2D eigenvalue weighted by molar-refractivity contribution is -0.702. The fourth-order valence-electron chi connectivity index (χ4n) is 1.40. The monoisotopic (exact) mass is 178 g/mol. The summed E-state index contributed by atoms with van der Waals surface area (Å²) in [6.07, 6.45) is 4.35. The van der Waals surface area contributed by atoms with Gasteiger partial charge in [0.2, 0.25) is 0 Å². The summed E-state index contributed by atoms with van der Waals surface area (Å²) in [6.45, 7) is 10.0. The minimum Gasteiger partial charge on any atom is -0.205 e. The molecule has 0 atom stereocenters. The molecule has 0 unspecified atom stereocenters. The molecule has 0 spiro atoms. The quantitative estimate of drug-likeness (QED) is 0.627. The summed E-state index contributed by atoms with van der Waals surface area (Å²) in [5, 5.41) is 0. The molecule has 0 aliphatic heterocycles. The van der Waals surface area contributed by atoms with E-state index in [1.165, 1.54) is 5.56 Å². The van der Waals surface area contributed by atoms with Crippen molar-refractivity contribution in [1.82, 2.24) is 0 Å². The Bertz CT molecular complexity index is 246. The number of rotatable bonds is 3. The summed E-state index contributed by atoms with van der Waals surface area (Å²) in [4.78, 5) is 0. The fraction of sp³-hybridized carbons (Fsp3) is 0.583. The lowest BCUT2D eigenvalue weighted by Gasteiger charge is -2.04. The molecule has 0 radical (unpaired) electrons. The Hall–Kier alpha value is -0.850. The number of aromatic nitrogens is 1. The van der Waals surface area contributed by atoms with Crippen molar-refractivity contribution in [3.63, 3.8) is 0 Å². The maximum absolute atomic E-state index is 2.25. The van der Waals surface area contributed by atoms with Gasteiger partial charge in [0.05, 0.1) is 0 Å². The molecule has 0 N–H and O–H groups in total. The average Bonchev–Trinajstić information content (AvgIpc) is 2.04. The molecule has 1 heteroatoms. The van der Waals surface area contributed by atoms with E-state index >= 15 is 0 Å². The molecule has 0 aliphatic rings. The lowest BCUT2D eigenvalue weighted by Crippen LogP contribution is -2.35. The van der Waals surface area contributed by atoms with Crippen LogP contribution in [0.15, 0.2) is 24.5 Å². The summed E-state index contributed by atoms with van der Waals surface area (Å²) in [5.41, 5.74) is 1.42. The van der Waals surface area contributed by atoms with Crippen LogP contribution in [0.1, 0.15) is 39.2 Å². The van der Waals surface area contributed by atoms with Crippen molar-refractivity contribution < 1.29 is 4.57 Å². The van der Waals surface area contributed by atoms with Crippen LogP contribution in [0.5, 0.6) is 0 Å². The van der Waals surface area contributed by atoms with Gasteiger partial charge in [0.25, 0.3) is 0 Å². The van der Waals surface area contributed by atoms with Gasteiger partial charge in [-0.25, -0.2) is 4.57 Å². The Labute approximate surface area is 81.4 Å². The van der Waals surface area contributed by atoms with Crippen molar-refractivity contribution in [3.05, 3.63) is 30.1 Å².